The summed E-state index contributed by atoms with van der Waals surface area (Å²) in [6.45, 7) is 5.89. The highest BCUT2D eigenvalue weighted by molar-refractivity contribution is 7.99. The van der Waals surface area contributed by atoms with Crippen molar-refractivity contribution in [2.24, 2.45) is 0 Å². The first-order valence-corrected chi connectivity index (χ1v) is 7.58. The molecule has 1 aromatic rings. The lowest BCUT2D eigenvalue weighted by Gasteiger charge is -2.26. The number of aromatic nitrogens is 3. The van der Waals surface area contributed by atoms with Crippen molar-refractivity contribution >= 4 is 29.6 Å². The van der Waals surface area contributed by atoms with Crippen LogP contribution in [-0.4, -0.2) is 59.3 Å². The topological polar surface area (TPSA) is 89.2 Å². The van der Waals surface area contributed by atoms with Crippen molar-refractivity contribution < 1.29 is 4.74 Å². The average Bonchev–Trinajstić information content (AvgIpc) is 2.45. The summed E-state index contributed by atoms with van der Waals surface area (Å²) in [4.78, 5) is 14.8. The van der Waals surface area contributed by atoms with E-state index in [0.29, 0.717) is 30.4 Å². The van der Waals surface area contributed by atoms with Gasteiger partial charge in [0.25, 0.3) is 0 Å². The van der Waals surface area contributed by atoms with E-state index in [1.165, 1.54) is 0 Å². The second-order valence-electron chi connectivity index (χ2n) is 4.34. The van der Waals surface area contributed by atoms with Crippen molar-refractivity contribution in [3.63, 3.8) is 0 Å². The smallest absolute Gasteiger partial charge is 0.232 e. The molecule has 2 rings (SSSR count). The number of nitrogens with one attached hydrogen (secondary N) is 1. The monoisotopic (exact) mass is 284 g/mol. The zero-order valence-electron chi connectivity index (χ0n) is 11.3. The van der Waals surface area contributed by atoms with E-state index in [9.17, 15) is 0 Å². The summed E-state index contributed by atoms with van der Waals surface area (Å²) in [6, 6.07) is 0. The third-order valence-electron chi connectivity index (χ3n) is 2.88. The van der Waals surface area contributed by atoms with Gasteiger partial charge in [0.05, 0.1) is 13.2 Å². The fraction of sp³-hybridized carbons (Fsp3) is 0.727. The van der Waals surface area contributed by atoms with Crippen LogP contribution in [0.1, 0.15) is 6.92 Å². The number of hydrogen-bond donors (Lipinski definition) is 2. The zero-order chi connectivity index (χ0) is 13.7. The Morgan fingerprint density at radius 3 is 2.79 bits per heavy atom. The van der Waals surface area contributed by atoms with Gasteiger partial charge in [0.2, 0.25) is 17.8 Å². The number of ether oxygens (including phenoxy) is 1. The largest absolute Gasteiger partial charge is 0.378 e. The molecule has 0 amide bonds. The zero-order valence-corrected chi connectivity index (χ0v) is 12.1. The van der Waals surface area contributed by atoms with Crippen molar-refractivity contribution in [1.82, 2.24) is 15.0 Å². The molecule has 3 N–H and O–H groups in total. The number of anilines is 3. The van der Waals surface area contributed by atoms with Gasteiger partial charge in [-0.15, -0.1) is 0 Å². The van der Waals surface area contributed by atoms with Crippen molar-refractivity contribution in [2.45, 2.75) is 12.2 Å². The van der Waals surface area contributed by atoms with Gasteiger partial charge in [-0.25, -0.2) is 0 Å². The van der Waals surface area contributed by atoms with Crippen LogP contribution in [-0.2, 0) is 4.74 Å². The fourth-order valence-corrected chi connectivity index (χ4v) is 1.93. The van der Waals surface area contributed by atoms with Gasteiger partial charge in [0, 0.05) is 24.9 Å². The molecule has 0 aromatic carbocycles. The minimum atomic E-state index is 0.246. The Balaban J connectivity index is 2.05. The number of morpholine rings is 1. The number of nitrogen functional groups attached to an aromatic ring is 1. The van der Waals surface area contributed by atoms with E-state index in [4.69, 9.17) is 10.5 Å². The molecule has 1 unspecified atom stereocenters. The van der Waals surface area contributed by atoms with Crippen molar-refractivity contribution in [1.29, 1.82) is 0 Å². The van der Waals surface area contributed by atoms with Gasteiger partial charge < -0.3 is 20.7 Å². The maximum atomic E-state index is 5.74. The highest BCUT2D eigenvalue weighted by Crippen LogP contribution is 2.14. The Hall–Kier alpha value is -1.28. The van der Waals surface area contributed by atoms with Crippen LogP contribution in [0.2, 0.25) is 0 Å². The van der Waals surface area contributed by atoms with Crippen LogP contribution in [0.5, 0.6) is 0 Å². The molecule has 0 saturated carbocycles. The first kappa shape index (κ1) is 14.1. The second-order valence-corrected chi connectivity index (χ2v) is 5.62. The molecule has 1 aliphatic rings. The summed E-state index contributed by atoms with van der Waals surface area (Å²) in [5.74, 6) is 1.40. The first-order chi connectivity index (χ1) is 9.19. The van der Waals surface area contributed by atoms with Crippen molar-refractivity contribution in [3.8, 4) is 0 Å². The van der Waals surface area contributed by atoms with Crippen LogP contribution in [0.3, 0.4) is 0 Å². The van der Waals surface area contributed by atoms with E-state index in [-0.39, 0.29) is 5.95 Å². The minimum Gasteiger partial charge on any atom is -0.378 e. The Morgan fingerprint density at radius 1 is 1.37 bits per heavy atom. The molecule has 8 heteroatoms. The Labute approximate surface area is 117 Å². The lowest BCUT2D eigenvalue weighted by Crippen LogP contribution is -2.37. The molecule has 0 aliphatic carbocycles. The number of hydrogen-bond acceptors (Lipinski definition) is 8. The number of rotatable bonds is 5. The summed E-state index contributed by atoms with van der Waals surface area (Å²) in [5, 5.41) is 3.69. The van der Waals surface area contributed by atoms with E-state index in [0.717, 1.165) is 19.6 Å². The van der Waals surface area contributed by atoms with Gasteiger partial charge in [0.15, 0.2) is 0 Å². The molecule has 1 aromatic heterocycles. The predicted molar refractivity (Wildman–Crippen MR) is 78.7 cm³/mol. The molecule has 1 aliphatic heterocycles. The van der Waals surface area contributed by atoms with E-state index >= 15 is 0 Å². The van der Waals surface area contributed by atoms with Gasteiger partial charge >= 0.3 is 0 Å². The summed E-state index contributed by atoms with van der Waals surface area (Å²) in [5.41, 5.74) is 5.74. The molecule has 1 fully saturated rings. The maximum absolute atomic E-state index is 5.74. The van der Waals surface area contributed by atoms with E-state index in [1.54, 1.807) is 11.8 Å². The molecule has 0 bridgehead atoms. The Morgan fingerprint density at radius 2 is 2.11 bits per heavy atom. The molecular formula is C11H20N6OS. The van der Waals surface area contributed by atoms with E-state index < -0.39 is 0 Å². The van der Waals surface area contributed by atoms with Gasteiger partial charge in [-0.05, 0) is 6.26 Å². The molecule has 0 radical (unpaired) electrons. The number of thioether (sulfide) groups is 1. The lowest BCUT2D eigenvalue weighted by molar-refractivity contribution is 0.122. The van der Waals surface area contributed by atoms with Gasteiger partial charge in [-0.3, -0.25) is 0 Å². The molecule has 0 spiro atoms. The molecule has 1 atom stereocenters. The predicted octanol–water partition coefficient (Wildman–Crippen LogP) is 0.454. The third kappa shape index (κ3) is 4.10. The minimum absolute atomic E-state index is 0.246. The van der Waals surface area contributed by atoms with Crippen LogP contribution >= 0.6 is 11.8 Å². The first-order valence-electron chi connectivity index (χ1n) is 6.30. The lowest BCUT2D eigenvalue weighted by atomic mass is 10.4. The molecule has 7 nitrogen and oxygen atoms in total. The normalized spacial score (nSPS) is 17.3. The Bertz CT molecular complexity index is 412. The van der Waals surface area contributed by atoms with E-state index in [2.05, 4.69) is 38.3 Å². The van der Waals surface area contributed by atoms with E-state index in [1.807, 2.05) is 0 Å². The number of nitrogens with zero attached hydrogens (tertiary/aromatic N) is 4. The molecular weight excluding hydrogens is 264 g/mol. The van der Waals surface area contributed by atoms with Gasteiger partial charge in [-0.2, -0.15) is 26.7 Å². The van der Waals surface area contributed by atoms with Crippen LogP contribution in [0.25, 0.3) is 0 Å². The maximum Gasteiger partial charge on any atom is 0.232 e. The SMILES string of the molecule is CSC(C)CNc1nc(N)nc(N2CCOCC2)n1. The van der Waals surface area contributed by atoms with Crippen LogP contribution in [0, 0.1) is 0 Å². The number of nitrogens with two attached hydrogens (primary N) is 1. The summed E-state index contributed by atoms with van der Waals surface area (Å²) < 4.78 is 5.31. The highest BCUT2D eigenvalue weighted by Gasteiger charge is 2.15. The third-order valence-corrected chi connectivity index (χ3v) is 3.86. The van der Waals surface area contributed by atoms with Gasteiger partial charge in [0.1, 0.15) is 0 Å². The average molecular weight is 284 g/mol. The second kappa shape index (κ2) is 6.76. The molecule has 2 heterocycles. The van der Waals surface area contributed by atoms with Crippen LogP contribution < -0.4 is 16.0 Å². The summed E-state index contributed by atoms with van der Waals surface area (Å²) in [7, 11) is 0. The summed E-state index contributed by atoms with van der Waals surface area (Å²) in [6.07, 6.45) is 2.08. The fourth-order valence-electron chi connectivity index (χ4n) is 1.68. The van der Waals surface area contributed by atoms with Crippen molar-refractivity contribution in [2.75, 3.05) is 55.1 Å². The molecule has 1 saturated heterocycles. The molecule has 19 heavy (non-hydrogen) atoms. The molecule has 106 valence electrons. The van der Waals surface area contributed by atoms with Crippen molar-refractivity contribution in [3.05, 3.63) is 0 Å². The van der Waals surface area contributed by atoms with Crippen LogP contribution in [0.15, 0.2) is 0 Å². The Kier molecular flexibility index (Phi) is 5.03. The van der Waals surface area contributed by atoms with Gasteiger partial charge in [-0.1, -0.05) is 6.92 Å². The quantitative estimate of drug-likeness (QED) is 0.806. The highest BCUT2D eigenvalue weighted by atomic mass is 32.2. The van der Waals surface area contributed by atoms with Crippen LogP contribution in [0.4, 0.5) is 17.8 Å². The standard InChI is InChI=1S/C11H20N6OS/c1-8(19-2)7-13-10-14-9(12)15-11(16-10)17-3-5-18-6-4-17/h8H,3-7H2,1-2H3,(H3,12,13,14,15,16). The summed E-state index contributed by atoms with van der Waals surface area (Å²) >= 11 is 1.79.